The zero-order valence-electron chi connectivity index (χ0n) is 15.2. The molecule has 27 heavy (non-hydrogen) atoms. The van der Waals surface area contributed by atoms with Crippen molar-refractivity contribution in [3.63, 3.8) is 0 Å². The third-order valence-electron chi connectivity index (χ3n) is 4.31. The lowest BCUT2D eigenvalue weighted by molar-refractivity contribution is -0.493. The van der Waals surface area contributed by atoms with E-state index in [0.29, 0.717) is 0 Å². The molecule has 0 saturated heterocycles. The Balaban J connectivity index is 2.44. The lowest BCUT2D eigenvalue weighted by atomic mass is 9.80. The molecule has 2 aromatic rings. The second kappa shape index (κ2) is 9.68. The van der Waals surface area contributed by atoms with E-state index in [0.717, 1.165) is 11.1 Å². The zero-order valence-corrected chi connectivity index (χ0v) is 15.2. The maximum Gasteiger partial charge on any atom is 0.407 e. The summed E-state index contributed by atoms with van der Waals surface area (Å²) in [5, 5.41) is 24.5. The summed E-state index contributed by atoms with van der Waals surface area (Å²) >= 11 is 0. The number of nitro groups is 1. The summed E-state index contributed by atoms with van der Waals surface area (Å²) in [5.74, 6) is 0. The van der Waals surface area contributed by atoms with Crippen molar-refractivity contribution in [2.45, 2.75) is 31.4 Å². The largest absolute Gasteiger partial charge is 0.450 e. The van der Waals surface area contributed by atoms with Crippen LogP contribution in [-0.2, 0) is 17.6 Å². The van der Waals surface area contributed by atoms with Gasteiger partial charge in [-0.2, -0.15) is 0 Å². The van der Waals surface area contributed by atoms with Gasteiger partial charge in [-0.25, -0.2) is 4.79 Å². The van der Waals surface area contributed by atoms with Gasteiger partial charge >= 0.3 is 6.09 Å². The van der Waals surface area contributed by atoms with Crippen LogP contribution in [-0.4, -0.2) is 40.9 Å². The Morgan fingerprint density at radius 2 is 1.59 bits per heavy atom. The Morgan fingerprint density at radius 3 is 2.00 bits per heavy atom. The molecule has 0 aromatic heterocycles. The molecule has 0 aliphatic heterocycles. The first-order valence-corrected chi connectivity index (χ1v) is 8.78. The SMILES string of the molecule is CCOC(=O)NC(Cc1ccccc1)(Cc1ccccc1)C(O)C[N+](=O)[O-]. The number of rotatable bonds is 9. The van der Waals surface area contributed by atoms with E-state index in [2.05, 4.69) is 5.32 Å². The molecule has 2 rings (SSSR count). The topological polar surface area (TPSA) is 102 Å². The van der Waals surface area contributed by atoms with Crippen LogP contribution in [0.3, 0.4) is 0 Å². The molecule has 0 bridgehead atoms. The molecule has 0 heterocycles. The number of carbonyl (C=O) groups is 1. The van der Waals surface area contributed by atoms with Crippen LogP contribution in [0.1, 0.15) is 18.1 Å². The van der Waals surface area contributed by atoms with Gasteiger partial charge in [0.05, 0.1) is 12.1 Å². The average molecular weight is 372 g/mol. The van der Waals surface area contributed by atoms with Gasteiger partial charge in [0, 0.05) is 4.92 Å². The average Bonchev–Trinajstić information content (AvgIpc) is 2.63. The number of nitrogens with zero attached hydrogens (tertiary/aromatic N) is 1. The number of ether oxygens (including phenoxy) is 1. The molecule has 7 nitrogen and oxygen atoms in total. The molecule has 0 aliphatic rings. The zero-order chi connectivity index (χ0) is 19.7. The summed E-state index contributed by atoms with van der Waals surface area (Å²) < 4.78 is 5.00. The minimum atomic E-state index is -1.41. The van der Waals surface area contributed by atoms with Gasteiger partial charge in [0.25, 0.3) is 0 Å². The Morgan fingerprint density at radius 1 is 1.11 bits per heavy atom. The fourth-order valence-electron chi connectivity index (χ4n) is 3.08. The maximum atomic E-state index is 12.2. The van der Waals surface area contributed by atoms with Crippen LogP contribution in [0.4, 0.5) is 4.79 Å². The van der Waals surface area contributed by atoms with Crippen LogP contribution in [0, 0.1) is 10.1 Å². The number of aliphatic hydroxyl groups is 1. The third kappa shape index (κ3) is 6.07. The maximum absolute atomic E-state index is 12.2. The van der Waals surface area contributed by atoms with Crippen molar-refractivity contribution in [1.29, 1.82) is 0 Å². The van der Waals surface area contributed by atoms with Gasteiger partial charge in [0.1, 0.15) is 6.10 Å². The van der Waals surface area contributed by atoms with Crippen LogP contribution in [0.2, 0.25) is 0 Å². The predicted molar refractivity (Wildman–Crippen MR) is 101 cm³/mol. The number of amides is 1. The van der Waals surface area contributed by atoms with E-state index < -0.39 is 29.2 Å². The standard InChI is InChI=1S/C20H24N2O5/c1-2-27-19(24)21-20(18(23)15-22(25)26,13-16-9-5-3-6-10-16)14-17-11-7-4-8-12-17/h3-12,18,23H,2,13-15H2,1H3,(H,21,24). The van der Waals surface area contributed by atoms with Gasteiger partial charge in [-0.3, -0.25) is 10.1 Å². The highest BCUT2D eigenvalue weighted by atomic mass is 16.6. The summed E-state index contributed by atoms with van der Waals surface area (Å²) in [6.07, 6.45) is -1.68. The number of carbonyl (C=O) groups excluding carboxylic acids is 1. The van der Waals surface area contributed by atoms with E-state index in [-0.39, 0.29) is 19.4 Å². The second-order valence-electron chi connectivity index (χ2n) is 6.36. The first-order chi connectivity index (χ1) is 12.9. The molecular weight excluding hydrogens is 348 g/mol. The molecule has 0 saturated carbocycles. The number of aliphatic hydroxyl groups excluding tert-OH is 1. The van der Waals surface area contributed by atoms with Gasteiger partial charge in [-0.05, 0) is 30.9 Å². The molecule has 1 amide bonds. The second-order valence-corrected chi connectivity index (χ2v) is 6.36. The van der Waals surface area contributed by atoms with E-state index in [1.165, 1.54) is 0 Å². The molecule has 2 N–H and O–H groups in total. The van der Waals surface area contributed by atoms with Crippen molar-refractivity contribution in [1.82, 2.24) is 5.32 Å². The molecule has 0 radical (unpaired) electrons. The number of hydrogen-bond acceptors (Lipinski definition) is 5. The van der Waals surface area contributed by atoms with Crippen molar-refractivity contribution < 1.29 is 19.6 Å². The predicted octanol–water partition coefficient (Wildman–Crippen LogP) is 2.59. The molecule has 1 atom stereocenters. The lowest BCUT2D eigenvalue weighted by Gasteiger charge is -2.37. The highest BCUT2D eigenvalue weighted by Gasteiger charge is 2.43. The monoisotopic (exact) mass is 372 g/mol. The number of nitrogens with one attached hydrogen (secondary N) is 1. The van der Waals surface area contributed by atoms with Gasteiger partial charge in [0.2, 0.25) is 6.54 Å². The molecule has 2 aromatic carbocycles. The highest BCUT2D eigenvalue weighted by molar-refractivity contribution is 5.68. The number of benzene rings is 2. The van der Waals surface area contributed by atoms with Gasteiger partial charge in [0.15, 0.2) is 0 Å². The van der Waals surface area contributed by atoms with E-state index in [4.69, 9.17) is 4.74 Å². The molecule has 0 fully saturated rings. The molecule has 0 spiro atoms. The van der Waals surface area contributed by atoms with Crippen molar-refractivity contribution in [3.8, 4) is 0 Å². The van der Waals surface area contributed by atoms with E-state index in [1.54, 1.807) is 6.92 Å². The minimum absolute atomic E-state index is 0.157. The molecule has 0 aliphatic carbocycles. The summed E-state index contributed by atoms with van der Waals surface area (Å²) in [6, 6.07) is 18.5. The van der Waals surface area contributed by atoms with Gasteiger partial charge in [-0.1, -0.05) is 60.7 Å². The van der Waals surface area contributed by atoms with Crippen molar-refractivity contribution >= 4 is 6.09 Å². The van der Waals surface area contributed by atoms with Crippen LogP contribution in [0.5, 0.6) is 0 Å². The van der Waals surface area contributed by atoms with Gasteiger partial charge in [-0.15, -0.1) is 0 Å². The first-order valence-electron chi connectivity index (χ1n) is 8.78. The Hall–Kier alpha value is -2.93. The number of hydrogen-bond donors (Lipinski definition) is 2. The normalized spacial score (nSPS) is 12.2. The summed E-state index contributed by atoms with van der Waals surface area (Å²) in [4.78, 5) is 22.7. The van der Waals surface area contributed by atoms with Crippen molar-refractivity contribution in [2.24, 2.45) is 0 Å². The molecule has 1 unspecified atom stereocenters. The fourth-order valence-corrected chi connectivity index (χ4v) is 3.08. The van der Waals surface area contributed by atoms with Crippen molar-refractivity contribution in [2.75, 3.05) is 13.2 Å². The number of alkyl carbamates (subject to hydrolysis) is 1. The Kier molecular flexibility index (Phi) is 7.31. The third-order valence-corrected chi connectivity index (χ3v) is 4.31. The summed E-state index contributed by atoms with van der Waals surface area (Å²) in [7, 11) is 0. The van der Waals surface area contributed by atoms with E-state index >= 15 is 0 Å². The quantitative estimate of drug-likeness (QED) is 0.520. The van der Waals surface area contributed by atoms with E-state index in [1.807, 2.05) is 60.7 Å². The lowest BCUT2D eigenvalue weighted by Crippen LogP contribution is -2.61. The molecule has 144 valence electrons. The van der Waals surface area contributed by atoms with Crippen LogP contribution in [0.15, 0.2) is 60.7 Å². The highest BCUT2D eigenvalue weighted by Crippen LogP contribution is 2.24. The van der Waals surface area contributed by atoms with Crippen molar-refractivity contribution in [3.05, 3.63) is 81.9 Å². The fraction of sp³-hybridized carbons (Fsp3) is 0.350. The Bertz CT molecular complexity index is 695. The van der Waals surface area contributed by atoms with Crippen LogP contribution >= 0.6 is 0 Å². The van der Waals surface area contributed by atoms with Crippen LogP contribution < -0.4 is 5.32 Å². The smallest absolute Gasteiger partial charge is 0.407 e. The van der Waals surface area contributed by atoms with Gasteiger partial charge < -0.3 is 15.2 Å². The first kappa shape index (κ1) is 20.4. The van der Waals surface area contributed by atoms with E-state index in [9.17, 15) is 20.0 Å². The minimum Gasteiger partial charge on any atom is -0.450 e. The Labute approximate surface area is 158 Å². The molecule has 7 heteroatoms. The molecular formula is C20H24N2O5. The van der Waals surface area contributed by atoms with Crippen LogP contribution in [0.25, 0.3) is 0 Å². The summed E-state index contributed by atoms with van der Waals surface area (Å²) in [5.41, 5.74) is 0.391. The summed E-state index contributed by atoms with van der Waals surface area (Å²) in [6.45, 7) is 1.14.